The number of fused-ring (bicyclic) bond motifs is 1. The van der Waals surface area contributed by atoms with Gasteiger partial charge in [0.15, 0.2) is 10.8 Å². The van der Waals surface area contributed by atoms with Gasteiger partial charge in [-0.05, 0) is 36.5 Å². The number of halogens is 4. The lowest BCUT2D eigenvalue weighted by Crippen LogP contribution is -2.51. The first-order valence-electron chi connectivity index (χ1n) is 13.5. The quantitative estimate of drug-likeness (QED) is 0.370. The molecular weight excluding hydrogens is 611 g/mol. The second-order valence-electron chi connectivity index (χ2n) is 11.4. The molecule has 3 aromatic rings. The summed E-state index contributed by atoms with van der Waals surface area (Å²) in [6, 6.07) is 4.04. The highest BCUT2D eigenvalue weighted by molar-refractivity contribution is 7.87. The molecule has 6 rings (SSSR count). The van der Waals surface area contributed by atoms with Gasteiger partial charge in [-0.1, -0.05) is 31.5 Å². The number of rotatable bonds is 7. The van der Waals surface area contributed by atoms with Crippen molar-refractivity contribution in [3.05, 3.63) is 74.8 Å². The summed E-state index contributed by atoms with van der Waals surface area (Å²) in [6.07, 6.45) is 4.77. The van der Waals surface area contributed by atoms with Crippen LogP contribution in [0.3, 0.4) is 0 Å². The van der Waals surface area contributed by atoms with Gasteiger partial charge in [0.25, 0.3) is 10.2 Å². The number of aliphatic imine (C=N–C) groups is 1. The van der Waals surface area contributed by atoms with Crippen molar-refractivity contribution in [3.8, 4) is 0 Å². The maximum absolute atomic E-state index is 14.0. The number of benzene rings is 1. The van der Waals surface area contributed by atoms with Gasteiger partial charge < -0.3 is 4.90 Å². The van der Waals surface area contributed by atoms with Crippen LogP contribution in [0.2, 0.25) is 5.02 Å². The Kier molecular flexibility index (Phi) is 7.71. The minimum absolute atomic E-state index is 0.116. The van der Waals surface area contributed by atoms with Crippen LogP contribution in [0.1, 0.15) is 62.0 Å². The number of piperidine rings is 1. The molecule has 5 heterocycles. The van der Waals surface area contributed by atoms with Crippen molar-refractivity contribution >= 4 is 44.6 Å². The molecule has 0 spiro atoms. The van der Waals surface area contributed by atoms with Crippen molar-refractivity contribution in [2.24, 2.45) is 10.4 Å². The van der Waals surface area contributed by atoms with Crippen LogP contribution in [0.15, 0.2) is 52.7 Å². The maximum Gasteiger partial charge on any atom is 0.333 e. The molecule has 0 saturated carbocycles. The smallest absolute Gasteiger partial charge is 0.326 e. The number of aromatic nitrogens is 3. The Morgan fingerprint density at radius 1 is 1.24 bits per heavy atom. The zero-order chi connectivity index (χ0) is 29.8. The van der Waals surface area contributed by atoms with Gasteiger partial charge in [-0.2, -0.15) is 31.3 Å². The minimum Gasteiger partial charge on any atom is -0.326 e. The summed E-state index contributed by atoms with van der Waals surface area (Å²) in [4.78, 5) is 11.3. The van der Waals surface area contributed by atoms with E-state index in [1.54, 1.807) is 11.6 Å². The summed E-state index contributed by atoms with van der Waals surface area (Å²) in [5.74, 6) is -0.0408. The molecule has 0 bridgehead atoms. The molecule has 0 unspecified atom stereocenters. The molecule has 42 heavy (non-hydrogen) atoms. The highest BCUT2D eigenvalue weighted by Crippen LogP contribution is 2.46. The second-order valence-corrected chi connectivity index (χ2v) is 14.4. The molecule has 0 aliphatic carbocycles. The van der Waals surface area contributed by atoms with Gasteiger partial charge in [0, 0.05) is 71.7 Å². The molecule has 2 aromatic heterocycles. The van der Waals surface area contributed by atoms with E-state index in [-0.39, 0.29) is 29.1 Å². The third-order valence-electron chi connectivity index (χ3n) is 7.75. The van der Waals surface area contributed by atoms with Gasteiger partial charge in [0.05, 0.1) is 5.69 Å². The van der Waals surface area contributed by atoms with Crippen LogP contribution in [0.25, 0.3) is 5.57 Å². The lowest BCUT2D eigenvalue weighted by atomic mass is 9.85. The topological polar surface area (TPSA) is 95.7 Å². The van der Waals surface area contributed by atoms with Gasteiger partial charge in [0.2, 0.25) is 0 Å². The van der Waals surface area contributed by atoms with E-state index in [0.717, 1.165) is 12.8 Å². The fraction of sp³-hybridized carbons (Fsp3) is 0.444. The van der Waals surface area contributed by atoms with Crippen LogP contribution in [0, 0.1) is 11.2 Å². The zero-order valence-corrected chi connectivity index (χ0v) is 25.2. The van der Waals surface area contributed by atoms with Crippen molar-refractivity contribution in [1.82, 2.24) is 28.7 Å². The first-order valence-corrected chi connectivity index (χ1v) is 16.2. The molecule has 2 saturated heterocycles. The molecule has 2 fully saturated rings. The standard InChI is InChI=1S/C27H29ClF3N7O2S2/c1-27(2)7-3-9-36(15-27)42(39,40)35-17-13-21-22(20-6-10-38(34-20)26(30)31)23(18-5-4-16(29)12-19(18)28)33-24(37(21)14-17)25-32-8-11-41-25/h4-6,8,10-12,17,23,26,35H,3,7,9,13-15H2,1-2H3/t17-,23-/m0/s1. The number of thiazole rings is 1. The fourth-order valence-corrected chi connectivity index (χ4v) is 8.42. The molecule has 3 aliphatic heterocycles. The molecule has 0 radical (unpaired) electrons. The summed E-state index contributed by atoms with van der Waals surface area (Å²) in [5, 5.41) is 6.64. The average molecular weight is 640 g/mol. The molecule has 15 heteroatoms. The van der Waals surface area contributed by atoms with E-state index >= 15 is 0 Å². The van der Waals surface area contributed by atoms with Crippen molar-refractivity contribution < 1.29 is 21.6 Å². The fourth-order valence-electron chi connectivity index (χ4n) is 5.89. The minimum atomic E-state index is -3.82. The normalized spacial score (nSPS) is 23.0. The number of amidine groups is 1. The van der Waals surface area contributed by atoms with E-state index in [1.165, 1.54) is 46.1 Å². The highest BCUT2D eigenvalue weighted by atomic mass is 35.5. The van der Waals surface area contributed by atoms with Gasteiger partial charge in [0.1, 0.15) is 11.9 Å². The van der Waals surface area contributed by atoms with Crippen LogP contribution in [-0.4, -0.2) is 63.9 Å². The predicted molar refractivity (Wildman–Crippen MR) is 155 cm³/mol. The van der Waals surface area contributed by atoms with E-state index in [1.807, 2.05) is 4.90 Å². The molecule has 3 aliphatic rings. The van der Waals surface area contributed by atoms with Crippen LogP contribution in [0.4, 0.5) is 13.2 Å². The first-order chi connectivity index (χ1) is 19.9. The predicted octanol–water partition coefficient (Wildman–Crippen LogP) is 5.47. The molecule has 224 valence electrons. The number of nitrogens with zero attached hydrogens (tertiary/aromatic N) is 6. The molecule has 0 amide bonds. The number of alkyl halides is 2. The second kappa shape index (κ2) is 11.1. The number of nitrogens with one attached hydrogen (secondary N) is 1. The maximum atomic E-state index is 14.0. The van der Waals surface area contributed by atoms with Crippen LogP contribution >= 0.6 is 22.9 Å². The van der Waals surface area contributed by atoms with Crippen molar-refractivity contribution in [1.29, 1.82) is 0 Å². The van der Waals surface area contributed by atoms with E-state index in [4.69, 9.17) is 16.6 Å². The lowest BCUT2D eigenvalue weighted by Gasteiger charge is -2.37. The van der Waals surface area contributed by atoms with Gasteiger partial charge in [-0.25, -0.2) is 14.1 Å². The third kappa shape index (κ3) is 5.62. The number of hydrogen-bond acceptors (Lipinski definition) is 7. The van der Waals surface area contributed by atoms with E-state index in [2.05, 4.69) is 28.7 Å². The van der Waals surface area contributed by atoms with E-state index < -0.39 is 34.7 Å². The van der Waals surface area contributed by atoms with Crippen LogP contribution in [-0.2, 0) is 10.2 Å². The molecular formula is C27H29ClF3N7O2S2. The highest BCUT2D eigenvalue weighted by Gasteiger charge is 2.43. The first kappa shape index (κ1) is 29.3. The molecule has 2 atom stereocenters. The molecule has 1 N–H and O–H groups in total. The summed E-state index contributed by atoms with van der Waals surface area (Å²) < 4.78 is 73.1. The van der Waals surface area contributed by atoms with Gasteiger partial charge in [-0.3, -0.25) is 4.99 Å². The van der Waals surface area contributed by atoms with E-state index in [9.17, 15) is 21.6 Å². The van der Waals surface area contributed by atoms with E-state index in [0.29, 0.717) is 45.4 Å². The number of hydrogen-bond donors (Lipinski definition) is 1. The van der Waals surface area contributed by atoms with Gasteiger partial charge in [-0.15, -0.1) is 11.3 Å². The summed E-state index contributed by atoms with van der Waals surface area (Å²) >= 11 is 7.87. The van der Waals surface area contributed by atoms with Crippen molar-refractivity contribution in [2.75, 3.05) is 19.6 Å². The Balaban J connectivity index is 1.45. The van der Waals surface area contributed by atoms with Gasteiger partial charge >= 0.3 is 6.55 Å². The Labute approximate surface area is 250 Å². The third-order valence-corrected chi connectivity index (χ3v) is 10.5. The Morgan fingerprint density at radius 3 is 2.71 bits per heavy atom. The van der Waals surface area contributed by atoms with Crippen molar-refractivity contribution in [2.45, 2.75) is 51.7 Å². The lowest BCUT2D eigenvalue weighted by molar-refractivity contribution is 0.0564. The average Bonchev–Trinajstić information content (AvgIpc) is 3.68. The Hall–Kier alpha value is -2.78. The van der Waals surface area contributed by atoms with Crippen molar-refractivity contribution in [3.63, 3.8) is 0 Å². The molecule has 9 nitrogen and oxygen atoms in total. The summed E-state index contributed by atoms with van der Waals surface area (Å²) in [5.41, 5.74) is 1.71. The Morgan fingerprint density at radius 2 is 2.05 bits per heavy atom. The zero-order valence-electron chi connectivity index (χ0n) is 22.8. The van der Waals surface area contributed by atoms with Crippen LogP contribution < -0.4 is 4.72 Å². The molecule has 1 aromatic carbocycles. The summed E-state index contributed by atoms with van der Waals surface area (Å²) in [6.45, 7) is 2.34. The monoisotopic (exact) mass is 639 g/mol. The summed E-state index contributed by atoms with van der Waals surface area (Å²) in [7, 11) is -3.82. The Bertz CT molecular complexity index is 1660. The van der Waals surface area contributed by atoms with Crippen LogP contribution in [0.5, 0.6) is 0 Å². The SMILES string of the molecule is CC1(C)CCCN(S(=O)(=O)N[C@H]2CC3=C(c4ccn(C(F)F)n4)[C@H](c4ccc(F)cc4Cl)N=C(c4nccs4)N3C2)C1. The largest absolute Gasteiger partial charge is 0.333 e.